The van der Waals surface area contributed by atoms with E-state index in [1.165, 1.54) is 0 Å². The number of thiazole rings is 1. The van der Waals surface area contributed by atoms with E-state index >= 15 is 0 Å². The number of morpholine rings is 1. The zero-order chi connectivity index (χ0) is 16.4. The van der Waals surface area contributed by atoms with Crippen LogP contribution in [0.4, 0.5) is 0 Å². The number of aromatic nitrogens is 3. The van der Waals surface area contributed by atoms with Crippen molar-refractivity contribution in [3.63, 3.8) is 0 Å². The van der Waals surface area contributed by atoms with Crippen molar-refractivity contribution in [3.05, 3.63) is 35.0 Å². The summed E-state index contributed by atoms with van der Waals surface area (Å²) < 4.78 is 7.68. The Balaban J connectivity index is 0.00000121. The van der Waals surface area contributed by atoms with Gasteiger partial charge in [0.05, 0.1) is 13.2 Å². The fourth-order valence-electron chi connectivity index (χ4n) is 3.57. The van der Waals surface area contributed by atoms with Crippen LogP contribution in [0.3, 0.4) is 0 Å². The number of amides is 1. The first-order valence-electron chi connectivity index (χ1n) is 8.31. The summed E-state index contributed by atoms with van der Waals surface area (Å²) in [4.78, 5) is 19.7. The summed E-state index contributed by atoms with van der Waals surface area (Å²) in [6.45, 7) is 3.38. The summed E-state index contributed by atoms with van der Waals surface area (Å²) in [6, 6.07) is 1.88. The maximum Gasteiger partial charge on any atom is 0.250 e. The topological polar surface area (TPSA) is 72.3 Å². The summed E-state index contributed by atoms with van der Waals surface area (Å²) in [5.74, 6) is 0.151. The second-order valence-electron chi connectivity index (χ2n) is 6.21. The van der Waals surface area contributed by atoms with Crippen LogP contribution in [0.2, 0.25) is 0 Å². The zero-order valence-corrected chi connectivity index (χ0v) is 16.7. The number of ether oxygens (including phenoxy) is 1. The molecule has 2 aliphatic heterocycles. The Bertz CT molecular complexity index is 677. The summed E-state index contributed by atoms with van der Waals surface area (Å²) in [5.41, 5.74) is -0.584. The first-order chi connectivity index (χ1) is 11.8. The highest BCUT2D eigenvalue weighted by molar-refractivity contribution is 7.09. The number of nitrogens with one attached hydrogen (secondary N) is 1. The zero-order valence-electron chi connectivity index (χ0n) is 14.2. The molecule has 144 valence electrons. The molecule has 1 N–H and O–H groups in total. The third-order valence-electron chi connectivity index (χ3n) is 4.85. The highest BCUT2D eigenvalue weighted by Gasteiger charge is 2.45. The molecule has 1 unspecified atom stereocenters. The van der Waals surface area contributed by atoms with Crippen molar-refractivity contribution in [2.45, 2.75) is 24.5 Å². The molecule has 1 atom stereocenters. The fraction of sp³-hybridized carbons (Fsp3) is 0.562. The predicted octanol–water partition coefficient (Wildman–Crippen LogP) is 1.86. The lowest BCUT2D eigenvalue weighted by molar-refractivity contribution is -0.151. The minimum absolute atomic E-state index is 0. The standard InChI is InChI=1S/C16H21N5O2S.2ClH/c22-15(16(2-5-17-6-3-16)21-8-1-4-19-21)20-9-10-23-13(12-20)14-18-7-11-24-14;;/h1,4,7-8,11,13,17H,2-3,5-6,9-10,12H2;2*1H. The number of rotatable bonds is 3. The third kappa shape index (κ3) is 3.89. The molecule has 0 saturated carbocycles. The van der Waals surface area contributed by atoms with Gasteiger partial charge in [-0.15, -0.1) is 36.2 Å². The van der Waals surface area contributed by atoms with Crippen molar-refractivity contribution < 1.29 is 9.53 Å². The predicted molar refractivity (Wildman–Crippen MR) is 104 cm³/mol. The maximum absolute atomic E-state index is 13.5. The van der Waals surface area contributed by atoms with E-state index in [-0.39, 0.29) is 36.8 Å². The van der Waals surface area contributed by atoms with Gasteiger partial charge in [-0.1, -0.05) is 0 Å². The van der Waals surface area contributed by atoms with Crippen LogP contribution in [0.25, 0.3) is 0 Å². The molecule has 0 aromatic carbocycles. The molecule has 2 aromatic rings. The maximum atomic E-state index is 13.5. The van der Waals surface area contributed by atoms with E-state index in [2.05, 4.69) is 15.4 Å². The van der Waals surface area contributed by atoms with E-state index in [0.717, 1.165) is 30.9 Å². The molecule has 0 radical (unpaired) electrons. The van der Waals surface area contributed by atoms with Crippen LogP contribution in [-0.4, -0.2) is 58.4 Å². The number of nitrogens with zero attached hydrogens (tertiary/aromatic N) is 4. The molecule has 0 bridgehead atoms. The smallest absolute Gasteiger partial charge is 0.250 e. The van der Waals surface area contributed by atoms with Gasteiger partial charge in [0.1, 0.15) is 16.7 Å². The van der Waals surface area contributed by atoms with Crippen LogP contribution in [-0.2, 0) is 15.1 Å². The molecule has 4 rings (SSSR count). The van der Waals surface area contributed by atoms with E-state index < -0.39 is 5.54 Å². The molecule has 10 heteroatoms. The van der Waals surface area contributed by atoms with Gasteiger partial charge < -0.3 is 15.0 Å². The molecule has 0 spiro atoms. The second-order valence-corrected chi connectivity index (χ2v) is 7.14. The van der Waals surface area contributed by atoms with E-state index in [9.17, 15) is 4.79 Å². The molecule has 1 amide bonds. The Morgan fingerprint density at radius 3 is 2.77 bits per heavy atom. The Labute approximate surface area is 168 Å². The van der Waals surface area contributed by atoms with Crippen molar-refractivity contribution in [1.82, 2.24) is 25.0 Å². The first kappa shape index (κ1) is 21.1. The van der Waals surface area contributed by atoms with Gasteiger partial charge in [-0.05, 0) is 32.0 Å². The Kier molecular flexibility index (Phi) is 7.42. The summed E-state index contributed by atoms with van der Waals surface area (Å²) in [6.07, 6.45) is 6.82. The number of piperidine rings is 1. The lowest BCUT2D eigenvalue weighted by atomic mass is 9.86. The van der Waals surface area contributed by atoms with Gasteiger partial charge in [0.15, 0.2) is 0 Å². The van der Waals surface area contributed by atoms with Gasteiger partial charge in [0, 0.05) is 30.5 Å². The van der Waals surface area contributed by atoms with Crippen molar-refractivity contribution in [1.29, 1.82) is 0 Å². The monoisotopic (exact) mass is 419 g/mol. The normalized spacial score (nSPS) is 22.2. The van der Waals surface area contributed by atoms with Crippen molar-refractivity contribution >= 4 is 42.1 Å². The molecule has 2 saturated heterocycles. The van der Waals surface area contributed by atoms with Crippen molar-refractivity contribution in [3.8, 4) is 0 Å². The summed E-state index contributed by atoms with van der Waals surface area (Å²) in [5, 5.41) is 10.6. The van der Waals surface area contributed by atoms with Crippen molar-refractivity contribution in [2.24, 2.45) is 0 Å². The molecule has 0 aliphatic carbocycles. The first-order valence-corrected chi connectivity index (χ1v) is 9.19. The van der Waals surface area contributed by atoms with Crippen LogP contribution < -0.4 is 5.32 Å². The minimum Gasteiger partial charge on any atom is -0.367 e. The number of carbonyl (C=O) groups excluding carboxylic acids is 1. The Morgan fingerprint density at radius 1 is 1.31 bits per heavy atom. The number of halogens is 2. The van der Waals surface area contributed by atoms with E-state index in [1.54, 1.807) is 23.7 Å². The molecule has 7 nitrogen and oxygen atoms in total. The third-order valence-corrected chi connectivity index (χ3v) is 5.72. The average Bonchev–Trinajstić information content (AvgIpc) is 3.35. The highest BCUT2D eigenvalue weighted by Crippen LogP contribution is 2.32. The molecular formula is C16H23Cl2N5O2S. The number of hydrogen-bond acceptors (Lipinski definition) is 6. The second kappa shape index (κ2) is 9.14. The molecule has 2 fully saturated rings. The molecule has 26 heavy (non-hydrogen) atoms. The average molecular weight is 420 g/mol. The van der Waals surface area contributed by atoms with Gasteiger partial charge >= 0.3 is 0 Å². The van der Waals surface area contributed by atoms with E-state index in [0.29, 0.717) is 19.7 Å². The van der Waals surface area contributed by atoms with Gasteiger partial charge in [-0.2, -0.15) is 5.10 Å². The molecule has 4 heterocycles. The Morgan fingerprint density at radius 2 is 2.12 bits per heavy atom. The molecule has 2 aromatic heterocycles. The lowest BCUT2D eigenvalue weighted by Gasteiger charge is -2.42. The summed E-state index contributed by atoms with van der Waals surface area (Å²) >= 11 is 1.57. The largest absolute Gasteiger partial charge is 0.367 e. The van der Waals surface area contributed by atoms with Crippen LogP contribution >= 0.6 is 36.2 Å². The van der Waals surface area contributed by atoms with E-state index in [4.69, 9.17) is 4.74 Å². The van der Waals surface area contributed by atoms with Gasteiger partial charge in [-0.25, -0.2) is 4.98 Å². The fourth-order valence-corrected chi connectivity index (χ4v) is 4.25. The molecule has 2 aliphatic rings. The van der Waals surface area contributed by atoms with Crippen molar-refractivity contribution in [2.75, 3.05) is 32.8 Å². The van der Waals surface area contributed by atoms with Crippen LogP contribution in [0, 0.1) is 0 Å². The minimum atomic E-state index is -0.584. The summed E-state index contributed by atoms with van der Waals surface area (Å²) in [7, 11) is 0. The highest BCUT2D eigenvalue weighted by atomic mass is 35.5. The van der Waals surface area contributed by atoms with Gasteiger partial charge in [-0.3, -0.25) is 9.48 Å². The van der Waals surface area contributed by atoms with Crippen LogP contribution in [0.1, 0.15) is 24.0 Å². The van der Waals surface area contributed by atoms with E-state index in [1.807, 2.05) is 27.2 Å². The quantitative estimate of drug-likeness (QED) is 0.821. The van der Waals surface area contributed by atoms with Gasteiger partial charge in [0.2, 0.25) is 0 Å². The van der Waals surface area contributed by atoms with Crippen LogP contribution in [0.15, 0.2) is 30.0 Å². The SMILES string of the molecule is Cl.Cl.O=C(N1CCOC(c2nccs2)C1)C1(n2cccn2)CCNCC1. The number of hydrogen-bond donors (Lipinski definition) is 1. The molecular weight excluding hydrogens is 397 g/mol. The van der Waals surface area contributed by atoms with Gasteiger partial charge in [0.25, 0.3) is 5.91 Å². The number of carbonyl (C=O) groups is 1. The van der Waals surface area contributed by atoms with Crippen LogP contribution in [0.5, 0.6) is 0 Å². The Hall–Kier alpha value is -1.19. The lowest BCUT2D eigenvalue weighted by Crippen LogP contribution is -2.57.